The molecule has 1 rings (SSSR count). The number of rotatable bonds is 3. The van der Waals surface area contributed by atoms with E-state index in [0.717, 1.165) is 11.1 Å². The van der Waals surface area contributed by atoms with E-state index in [2.05, 4.69) is 10.3 Å². The molecule has 0 aliphatic rings. The zero-order valence-corrected chi connectivity index (χ0v) is 7.73. The average molecular weight is 204 g/mol. The lowest BCUT2D eigenvalue weighted by Gasteiger charge is -2.07. The fourth-order valence-electron chi connectivity index (χ4n) is 1.06. The molecule has 0 saturated carbocycles. The Hall–Kier alpha value is -1.10. The van der Waals surface area contributed by atoms with Crippen LogP contribution < -0.4 is 5.32 Å². The Morgan fingerprint density at radius 3 is 2.64 bits per heavy atom. The van der Waals surface area contributed by atoms with Crippen molar-refractivity contribution in [1.82, 2.24) is 10.3 Å². The number of aromatic nitrogens is 1. The number of halogens is 3. The third-order valence-electron chi connectivity index (χ3n) is 1.59. The number of nitrogens with one attached hydrogen (secondary N) is 1. The van der Waals surface area contributed by atoms with Crippen LogP contribution in [-0.4, -0.2) is 17.7 Å². The molecule has 0 unspecified atom stereocenters. The van der Waals surface area contributed by atoms with Gasteiger partial charge in [-0.2, -0.15) is 13.2 Å². The largest absolute Gasteiger partial charge is 0.401 e. The molecule has 2 nitrogen and oxygen atoms in total. The Bertz CT molecular complexity index is 296. The highest BCUT2D eigenvalue weighted by molar-refractivity contribution is 5.16. The first kappa shape index (κ1) is 11.0. The van der Waals surface area contributed by atoms with Gasteiger partial charge in [-0.3, -0.25) is 4.98 Å². The number of aryl methyl sites for hydroxylation is 1. The maximum absolute atomic E-state index is 11.8. The van der Waals surface area contributed by atoms with Crippen molar-refractivity contribution in [2.24, 2.45) is 0 Å². The van der Waals surface area contributed by atoms with Crippen molar-refractivity contribution in [2.75, 3.05) is 6.54 Å². The van der Waals surface area contributed by atoms with Gasteiger partial charge in [0.15, 0.2) is 0 Å². The third kappa shape index (κ3) is 4.23. The number of nitrogens with zero attached hydrogens (tertiary/aromatic N) is 1. The van der Waals surface area contributed by atoms with Crippen molar-refractivity contribution >= 4 is 0 Å². The molecule has 0 fully saturated rings. The summed E-state index contributed by atoms with van der Waals surface area (Å²) in [5, 5.41) is 2.30. The molecule has 0 radical (unpaired) electrons. The quantitative estimate of drug-likeness (QED) is 0.815. The summed E-state index contributed by atoms with van der Waals surface area (Å²) >= 11 is 0. The monoisotopic (exact) mass is 204 g/mol. The first-order valence-corrected chi connectivity index (χ1v) is 4.15. The molecule has 0 atom stereocenters. The zero-order chi connectivity index (χ0) is 10.6. The van der Waals surface area contributed by atoms with E-state index in [9.17, 15) is 13.2 Å². The van der Waals surface area contributed by atoms with Crippen LogP contribution in [0.5, 0.6) is 0 Å². The second-order valence-electron chi connectivity index (χ2n) is 3.09. The molecule has 0 aromatic carbocycles. The van der Waals surface area contributed by atoms with Crippen molar-refractivity contribution in [2.45, 2.75) is 19.6 Å². The molecule has 0 bridgehead atoms. The molecule has 78 valence electrons. The van der Waals surface area contributed by atoms with Crippen molar-refractivity contribution in [3.63, 3.8) is 0 Å². The molecule has 5 heteroatoms. The van der Waals surface area contributed by atoms with Crippen LogP contribution in [0.1, 0.15) is 11.1 Å². The maximum atomic E-state index is 11.8. The Balaban J connectivity index is 2.39. The predicted octanol–water partition coefficient (Wildman–Crippen LogP) is 2.04. The van der Waals surface area contributed by atoms with Gasteiger partial charge in [0.25, 0.3) is 0 Å². The minimum Gasteiger partial charge on any atom is -0.305 e. The van der Waals surface area contributed by atoms with Crippen LogP contribution in [0.25, 0.3) is 0 Å². The standard InChI is InChI=1S/C9H11F3N2/c1-7-2-8(4-13-3-7)5-14-6-9(10,11)12/h2-4,14H,5-6H2,1H3. The van der Waals surface area contributed by atoms with Crippen LogP contribution in [-0.2, 0) is 6.54 Å². The molecular formula is C9H11F3N2. The summed E-state index contributed by atoms with van der Waals surface area (Å²) in [6.07, 6.45) is -0.944. The van der Waals surface area contributed by atoms with Crippen LogP contribution in [0, 0.1) is 6.92 Å². The number of hydrogen-bond acceptors (Lipinski definition) is 2. The minimum absolute atomic E-state index is 0.189. The Morgan fingerprint density at radius 2 is 2.07 bits per heavy atom. The molecule has 0 amide bonds. The van der Waals surface area contributed by atoms with Gasteiger partial charge in [-0.1, -0.05) is 6.07 Å². The number of alkyl halides is 3. The number of pyridine rings is 1. The summed E-state index contributed by atoms with van der Waals surface area (Å²) in [6, 6.07) is 1.80. The number of hydrogen-bond donors (Lipinski definition) is 1. The van der Waals surface area contributed by atoms with Crippen molar-refractivity contribution in [1.29, 1.82) is 0 Å². The molecule has 14 heavy (non-hydrogen) atoms. The molecule has 1 aromatic rings. The summed E-state index contributed by atoms with van der Waals surface area (Å²) in [5.41, 5.74) is 1.70. The highest BCUT2D eigenvalue weighted by Crippen LogP contribution is 2.12. The van der Waals surface area contributed by atoms with Gasteiger partial charge in [0.1, 0.15) is 0 Å². The highest BCUT2D eigenvalue weighted by atomic mass is 19.4. The van der Waals surface area contributed by atoms with E-state index in [1.54, 1.807) is 18.5 Å². The van der Waals surface area contributed by atoms with Gasteiger partial charge in [-0.15, -0.1) is 0 Å². The first-order valence-electron chi connectivity index (χ1n) is 4.15. The van der Waals surface area contributed by atoms with Gasteiger partial charge in [-0.05, 0) is 18.1 Å². The van der Waals surface area contributed by atoms with Gasteiger partial charge >= 0.3 is 6.18 Å². The second-order valence-corrected chi connectivity index (χ2v) is 3.09. The SMILES string of the molecule is Cc1cncc(CNCC(F)(F)F)c1. The van der Waals surface area contributed by atoms with Gasteiger partial charge in [0.05, 0.1) is 6.54 Å². The molecule has 1 N–H and O–H groups in total. The van der Waals surface area contributed by atoms with Gasteiger partial charge in [-0.25, -0.2) is 0 Å². The maximum Gasteiger partial charge on any atom is 0.401 e. The topological polar surface area (TPSA) is 24.9 Å². The highest BCUT2D eigenvalue weighted by Gasteiger charge is 2.25. The normalized spacial score (nSPS) is 11.7. The van der Waals surface area contributed by atoms with Crippen LogP contribution in [0.4, 0.5) is 13.2 Å². The van der Waals surface area contributed by atoms with E-state index in [1.165, 1.54) is 0 Å². The molecule has 0 saturated heterocycles. The first-order chi connectivity index (χ1) is 6.47. The summed E-state index contributed by atoms with van der Waals surface area (Å²) in [7, 11) is 0. The van der Waals surface area contributed by atoms with E-state index >= 15 is 0 Å². The molecule has 0 aliphatic heterocycles. The van der Waals surface area contributed by atoms with E-state index in [0.29, 0.717) is 0 Å². The lowest BCUT2D eigenvalue weighted by Crippen LogP contribution is -2.28. The van der Waals surface area contributed by atoms with Crippen molar-refractivity contribution < 1.29 is 13.2 Å². The van der Waals surface area contributed by atoms with Crippen LogP contribution >= 0.6 is 0 Å². The Labute approximate surface area is 80.2 Å². The molecule has 1 heterocycles. The van der Waals surface area contributed by atoms with Crippen molar-refractivity contribution in [3.8, 4) is 0 Å². The van der Waals surface area contributed by atoms with Crippen LogP contribution in [0.2, 0.25) is 0 Å². The molecule has 1 aromatic heterocycles. The molecule has 0 spiro atoms. The molecular weight excluding hydrogens is 193 g/mol. The van der Waals surface area contributed by atoms with Gasteiger partial charge < -0.3 is 5.32 Å². The van der Waals surface area contributed by atoms with Gasteiger partial charge in [0, 0.05) is 18.9 Å². The Kier molecular flexibility index (Phi) is 3.46. The lowest BCUT2D eigenvalue weighted by atomic mass is 10.2. The summed E-state index contributed by atoms with van der Waals surface area (Å²) in [4.78, 5) is 3.88. The van der Waals surface area contributed by atoms with Crippen LogP contribution in [0.3, 0.4) is 0 Å². The fraction of sp³-hybridized carbons (Fsp3) is 0.444. The minimum atomic E-state index is -4.16. The van der Waals surface area contributed by atoms with E-state index < -0.39 is 12.7 Å². The third-order valence-corrected chi connectivity index (χ3v) is 1.59. The zero-order valence-electron chi connectivity index (χ0n) is 7.73. The molecule has 0 aliphatic carbocycles. The van der Waals surface area contributed by atoms with E-state index in [1.807, 2.05) is 6.92 Å². The summed E-state index contributed by atoms with van der Waals surface area (Å²) in [6.45, 7) is 1.06. The van der Waals surface area contributed by atoms with E-state index in [4.69, 9.17) is 0 Å². The summed E-state index contributed by atoms with van der Waals surface area (Å²) in [5.74, 6) is 0. The van der Waals surface area contributed by atoms with Gasteiger partial charge in [0.2, 0.25) is 0 Å². The Morgan fingerprint density at radius 1 is 1.36 bits per heavy atom. The van der Waals surface area contributed by atoms with Crippen molar-refractivity contribution in [3.05, 3.63) is 29.6 Å². The lowest BCUT2D eigenvalue weighted by molar-refractivity contribution is -0.125. The van der Waals surface area contributed by atoms with Crippen LogP contribution in [0.15, 0.2) is 18.5 Å². The smallest absolute Gasteiger partial charge is 0.305 e. The fourth-order valence-corrected chi connectivity index (χ4v) is 1.06. The van der Waals surface area contributed by atoms with E-state index in [-0.39, 0.29) is 6.54 Å². The summed E-state index contributed by atoms with van der Waals surface area (Å²) < 4.78 is 35.3. The average Bonchev–Trinajstić information content (AvgIpc) is 2.01. The predicted molar refractivity (Wildman–Crippen MR) is 46.7 cm³/mol. The second kappa shape index (κ2) is 4.41.